The van der Waals surface area contributed by atoms with Crippen molar-refractivity contribution in [1.82, 2.24) is 0 Å². The third kappa shape index (κ3) is 3.02. The first kappa shape index (κ1) is 16.8. The van der Waals surface area contributed by atoms with E-state index >= 15 is 0 Å². The van der Waals surface area contributed by atoms with Crippen LogP contribution in [-0.2, 0) is 0 Å². The van der Waals surface area contributed by atoms with E-state index in [0.717, 1.165) is 5.92 Å². The Bertz CT molecular complexity index is 1070. The molecule has 5 rings (SSSR count). The molecule has 1 aliphatic carbocycles. The van der Waals surface area contributed by atoms with E-state index in [1.807, 2.05) is 11.3 Å². The molecule has 0 unspecified atom stereocenters. The van der Waals surface area contributed by atoms with Gasteiger partial charge >= 0.3 is 0 Å². The number of thiophene rings is 1. The van der Waals surface area contributed by atoms with Crippen LogP contribution in [0.25, 0.3) is 20.2 Å². The van der Waals surface area contributed by atoms with Gasteiger partial charge in [0, 0.05) is 28.2 Å². The number of fused-ring (bicyclic) bond motifs is 3. The molecule has 2 heteroatoms. The fraction of sp³-hybridized carbons (Fsp3) is 0.280. The lowest BCUT2D eigenvalue weighted by molar-refractivity contribution is 0.443. The third-order valence-corrected chi connectivity index (χ3v) is 7.31. The molecule has 1 heterocycles. The van der Waals surface area contributed by atoms with Gasteiger partial charge in [-0.15, -0.1) is 11.3 Å². The second kappa shape index (κ2) is 7.01. The van der Waals surface area contributed by atoms with Crippen molar-refractivity contribution in [3.8, 4) is 0 Å². The highest BCUT2D eigenvalue weighted by molar-refractivity contribution is 7.26. The van der Waals surface area contributed by atoms with Gasteiger partial charge in [-0.3, -0.25) is 0 Å². The van der Waals surface area contributed by atoms with Crippen LogP contribution >= 0.6 is 11.3 Å². The molecule has 0 amide bonds. The SMILES string of the molecule is CN(c1ccc(C2CCCCC2)cc1)c1cccc2c1sc1ccccc12. The van der Waals surface area contributed by atoms with Gasteiger partial charge in [0.25, 0.3) is 0 Å². The molecule has 0 aliphatic heterocycles. The summed E-state index contributed by atoms with van der Waals surface area (Å²) < 4.78 is 2.73. The van der Waals surface area contributed by atoms with E-state index in [0.29, 0.717) is 0 Å². The summed E-state index contributed by atoms with van der Waals surface area (Å²) in [5, 5.41) is 2.72. The molecule has 0 spiro atoms. The predicted molar refractivity (Wildman–Crippen MR) is 120 cm³/mol. The minimum absolute atomic E-state index is 0.768. The summed E-state index contributed by atoms with van der Waals surface area (Å²) in [6.07, 6.45) is 6.91. The molecule has 0 bridgehead atoms. The molecule has 1 fully saturated rings. The highest BCUT2D eigenvalue weighted by atomic mass is 32.1. The maximum Gasteiger partial charge on any atom is 0.0592 e. The molecule has 4 aromatic rings. The van der Waals surface area contributed by atoms with Gasteiger partial charge in [0.1, 0.15) is 0 Å². The van der Waals surface area contributed by atoms with Crippen molar-refractivity contribution >= 4 is 42.9 Å². The van der Waals surface area contributed by atoms with Gasteiger partial charge in [-0.25, -0.2) is 0 Å². The van der Waals surface area contributed by atoms with E-state index in [4.69, 9.17) is 0 Å². The summed E-state index contributed by atoms with van der Waals surface area (Å²) in [6, 6.07) is 24.7. The Balaban J connectivity index is 1.51. The van der Waals surface area contributed by atoms with E-state index in [9.17, 15) is 0 Å². The van der Waals surface area contributed by atoms with Gasteiger partial charge in [0.15, 0.2) is 0 Å². The molecule has 1 aromatic heterocycles. The predicted octanol–water partition coefficient (Wildman–Crippen LogP) is 7.87. The lowest BCUT2D eigenvalue weighted by atomic mass is 9.84. The molecule has 0 radical (unpaired) electrons. The van der Waals surface area contributed by atoms with E-state index in [2.05, 4.69) is 78.7 Å². The minimum atomic E-state index is 0.768. The Morgan fingerprint density at radius 3 is 2.33 bits per heavy atom. The van der Waals surface area contributed by atoms with E-state index in [1.54, 1.807) is 0 Å². The molecule has 1 nitrogen and oxygen atoms in total. The van der Waals surface area contributed by atoms with Crippen LogP contribution in [0.3, 0.4) is 0 Å². The molecule has 0 N–H and O–H groups in total. The fourth-order valence-electron chi connectivity index (χ4n) is 4.54. The summed E-state index contributed by atoms with van der Waals surface area (Å²) in [6.45, 7) is 0. The summed E-state index contributed by atoms with van der Waals surface area (Å²) in [7, 11) is 2.19. The van der Waals surface area contributed by atoms with Gasteiger partial charge in [-0.1, -0.05) is 61.7 Å². The van der Waals surface area contributed by atoms with E-state index < -0.39 is 0 Å². The summed E-state index contributed by atoms with van der Waals surface area (Å²) >= 11 is 1.90. The Kier molecular flexibility index (Phi) is 4.37. The van der Waals surface area contributed by atoms with Crippen molar-refractivity contribution in [3.05, 3.63) is 72.3 Å². The maximum atomic E-state index is 2.35. The standard InChI is InChI=1S/C25H25NS/c1-26(20-16-14-19(15-17-20)18-8-3-2-4-9-18)23-12-7-11-22-21-10-5-6-13-24(21)27-25(22)23/h5-7,10-18H,2-4,8-9H2,1H3. The largest absolute Gasteiger partial charge is 0.343 e. The van der Waals surface area contributed by atoms with E-state index in [1.165, 1.54) is 69.2 Å². The van der Waals surface area contributed by atoms with Gasteiger partial charge < -0.3 is 4.90 Å². The normalized spacial score (nSPS) is 15.4. The number of rotatable bonds is 3. The summed E-state index contributed by atoms with van der Waals surface area (Å²) in [5.41, 5.74) is 4.07. The monoisotopic (exact) mass is 371 g/mol. The number of hydrogen-bond donors (Lipinski definition) is 0. The zero-order valence-corrected chi connectivity index (χ0v) is 16.6. The molecule has 3 aromatic carbocycles. The van der Waals surface area contributed by atoms with Gasteiger partial charge in [-0.05, 0) is 48.6 Å². The molecular formula is C25H25NS. The zero-order valence-electron chi connectivity index (χ0n) is 15.8. The van der Waals surface area contributed by atoms with E-state index in [-0.39, 0.29) is 0 Å². The van der Waals surface area contributed by atoms with Crippen LogP contribution in [0, 0.1) is 0 Å². The second-order valence-electron chi connectivity index (χ2n) is 7.74. The van der Waals surface area contributed by atoms with Crippen LogP contribution in [-0.4, -0.2) is 7.05 Å². The Morgan fingerprint density at radius 1 is 0.778 bits per heavy atom. The smallest absolute Gasteiger partial charge is 0.0592 e. The molecule has 1 saturated carbocycles. The van der Waals surface area contributed by atoms with Crippen LogP contribution in [0.15, 0.2) is 66.7 Å². The number of hydrogen-bond acceptors (Lipinski definition) is 2. The first-order chi connectivity index (χ1) is 13.3. The maximum absolute atomic E-state index is 2.35. The minimum Gasteiger partial charge on any atom is -0.343 e. The lowest BCUT2D eigenvalue weighted by Gasteiger charge is -2.24. The average Bonchev–Trinajstić information content (AvgIpc) is 3.13. The fourth-order valence-corrected chi connectivity index (χ4v) is 5.79. The molecule has 1 aliphatic rings. The molecular weight excluding hydrogens is 346 g/mol. The molecule has 0 saturated heterocycles. The van der Waals surface area contributed by atoms with Crippen molar-refractivity contribution in [1.29, 1.82) is 0 Å². The quantitative estimate of drug-likeness (QED) is 0.354. The Labute approximate surface area is 165 Å². The highest BCUT2D eigenvalue weighted by Crippen LogP contribution is 2.41. The number of anilines is 2. The van der Waals surface area contributed by atoms with Crippen molar-refractivity contribution in [3.63, 3.8) is 0 Å². The molecule has 136 valence electrons. The second-order valence-corrected chi connectivity index (χ2v) is 8.79. The summed E-state index contributed by atoms with van der Waals surface area (Å²) in [4.78, 5) is 2.34. The average molecular weight is 372 g/mol. The van der Waals surface area contributed by atoms with Gasteiger partial charge in [-0.2, -0.15) is 0 Å². The Hall–Kier alpha value is -2.32. The first-order valence-corrected chi connectivity index (χ1v) is 10.9. The van der Waals surface area contributed by atoms with Gasteiger partial charge in [0.2, 0.25) is 0 Å². The first-order valence-electron chi connectivity index (χ1n) is 10.1. The van der Waals surface area contributed by atoms with Crippen LogP contribution < -0.4 is 4.90 Å². The van der Waals surface area contributed by atoms with Crippen molar-refractivity contribution in [2.45, 2.75) is 38.0 Å². The lowest BCUT2D eigenvalue weighted by Crippen LogP contribution is -2.10. The van der Waals surface area contributed by atoms with Crippen molar-refractivity contribution in [2.24, 2.45) is 0 Å². The third-order valence-electron chi connectivity index (χ3n) is 6.10. The van der Waals surface area contributed by atoms with Crippen molar-refractivity contribution < 1.29 is 0 Å². The highest BCUT2D eigenvalue weighted by Gasteiger charge is 2.16. The van der Waals surface area contributed by atoms with Crippen LogP contribution in [0.5, 0.6) is 0 Å². The van der Waals surface area contributed by atoms with Gasteiger partial charge in [0.05, 0.1) is 10.4 Å². The van der Waals surface area contributed by atoms with Crippen LogP contribution in [0.1, 0.15) is 43.6 Å². The Morgan fingerprint density at radius 2 is 1.52 bits per heavy atom. The topological polar surface area (TPSA) is 3.24 Å². The summed E-state index contributed by atoms with van der Waals surface area (Å²) in [5.74, 6) is 0.768. The molecule has 0 atom stereocenters. The van der Waals surface area contributed by atoms with Crippen LogP contribution in [0.4, 0.5) is 11.4 Å². The zero-order chi connectivity index (χ0) is 18.2. The van der Waals surface area contributed by atoms with Crippen LogP contribution in [0.2, 0.25) is 0 Å². The molecule has 27 heavy (non-hydrogen) atoms. The van der Waals surface area contributed by atoms with Crippen molar-refractivity contribution in [2.75, 3.05) is 11.9 Å². The number of nitrogens with zero attached hydrogens (tertiary/aromatic N) is 1. The number of benzene rings is 3.